The van der Waals surface area contributed by atoms with E-state index < -0.39 is 0 Å². The molecule has 0 unspecified atom stereocenters. The van der Waals surface area contributed by atoms with Crippen molar-refractivity contribution in [2.45, 2.75) is 6.42 Å². The van der Waals surface area contributed by atoms with Gasteiger partial charge in [-0.05, 0) is 37.2 Å². The van der Waals surface area contributed by atoms with Crippen LogP contribution in [0.25, 0.3) is 0 Å². The monoisotopic (exact) mass is 227 g/mol. The first-order chi connectivity index (χ1) is 8.42. The van der Waals surface area contributed by atoms with E-state index in [1.807, 2.05) is 42.6 Å². The van der Waals surface area contributed by atoms with Crippen molar-refractivity contribution in [3.8, 4) is 0 Å². The maximum Gasteiger partial charge on any atom is 0.132 e. The van der Waals surface area contributed by atoms with Crippen molar-refractivity contribution in [1.82, 2.24) is 4.98 Å². The van der Waals surface area contributed by atoms with Crippen LogP contribution in [0.2, 0.25) is 0 Å². The van der Waals surface area contributed by atoms with Crippen LogP contribution in [0.4, 0.5) is 11.5 Å². The van der Waals surface area contributed by atoms with E-state index in [0.29, 0.717) is 6.54 Å². The fourth-order valence-electron chi connectivity index (χ4n) is 1.75. The van der Waals surface area contributed by atoms with Gasteiger partial charge >= 0.3 is 0 Å². The third-order valence-electron chi connectivity index (χ3n) is 2.58. The minimum atomic E-state index is 0.691. The van der Waals surface area contributed by atoms with Gasteiger partial charge < -0.3 is 10.6 Å². The zero-order valence-electron chi connectivity index (χ0n) is 9.79. The Balaban J connectivity index is 2.26. The average molecular weight is 227 g/mol. The standard InChI is InChI=1S/C14H17N3/c15-10-6-12-17(13-7-2-1-3-8-13)14-9-4-5-11-16-14/h1-5,7-9,11H,6,10,12,15H2. The number of hydrogen-bond donors (Lipinski definition) is 1. The largest absolute Gasteiger partial charge is 0.330 e. The third-order valence-corrected chi connectivity index (χ3v) is 2.58. The Morgan fingerprint density at radius 1 is 1.00 bits per heavy atom. The summed E-state index contributed by atoms with van der Waals surface area (Å²) in [4.78, 5) is 6.58. The van der Waals surface area contributed by atoms with Crippen LogP contribution in [0, 0.1) is 0 Å². The number of rotatable bonds is 5. The zero-order chi connectivity index (χ0) is 11.9. The van der Waals surface area contributed by atoms with Gasteiger partial charge in [-0.1, -0.05) is 24.3 Å². The average Bonchev–Trinajstić information content (AvgIpc) is 2.42. The molecular formula is C14H17N3. The molecule has 2 N–H and O–H groups in total. The second-order valence-electron chi connectivity index (χ2n) is 3.82. The molecule has 0 fully saturated rings. The molecule has 88 valence electrons. The SMILES string of the molecule is NCCCN(c1ccccc1)c1ccccn1. The lowest BCUT2D eigenvalue weighted by Crippen LogP contribution is -2.21. The summed E-state index contributed by atoms with van der Waals surface area (Å²) >= 11 is 0. The van der Waals surface area contributed by atoms with Crippen LogP contribution in [-0.2, 0) is 0 Å². The Hall–Kier alpha value is -1.87. The van der Waals surface area contributed by atoms with Crippen molar-refractivity contribution >= 4 is 11.5 Å². The molecule has 0 atom stereocenters. The number of benzene rings is 1. The molecule has 3 heteroatoms. The first kappa shape index (κ1) is 11.6. The van der Waals surface area contributed by atoms with E-state index in [4.69, 9.17) is 5.73 Å². The summed E-state index contributed by atoms with van der Waals surface area (Å²) in [5.41, 5.74) is 6.74. The van der Waals surface area contributed by atoms with Crippen LogP contribution < -0.4 is 10.6 Å². The lowest BCUT2D eigenvalue weighted by molar-refractivity contribution is 0.810. The van der Waals surface area contributed by atoms with Crippen molar-refractivity contribution in [1.29, 1.82) is 0 Å². The molecule has 0 aliphatic carbocycles. The smallest absolute Gasteiger partial charge is 0.132 e. The molecule has 0 saturated heterocycles. The Morgan fingerprint density at radius 3 is 2.41 bits per heavy atom. The second-order valence-corrected chi connectivity index (χ2v) is 3.82. The normalized spacial score (nSPS) is 10.2. The zero-order valence-corrected chi connectivity index (χ0v) is 9.79. The Bertz CT molecular complexity index is 388. The molecular weight excluding hydrogens is 210 g/mol. The molecule has 2 rings (SSSR count). The van der Waals surface area contributed by atoms with Gasteiger partial charge in [0.25, 0.3) is 0 Å². The maximum atomic E-state index is 5.59. The van der Waals surface area contributed by atoms with E-state index in [0.717, 1.165) is 24.5 Å². The van der Waals surface area contributed by atoms with Crippen LogP contribution in [-0.4, -0.2) is 18.1 Å². The molecule has 1 heterocycles. The topological polar surface area (TPSA) is 42.1 Å². The predicted molar refractivity (Wildman–Crippen MR) is 71.4 cm³/mol. The molecule has 3 nitrogen and oxygen atoms in total. The van der Waals surface area contributed by atoms with Crippen molar-refractivity contribution in [3.05, 3.63) is 54.7 Å². The summed E-state index contributed by atoms with van der Waals surface area (Å²) in [7, 11) is 0. The quantitative estimate of drug-likeness (QED) is 0.853. The van der Waals surface area contributed by atoms with E-state index in [1.54, 1.807) is 0 Å². The van der Waals surface area contributed by atoms with Crippen LogP contribution in [0.15, 0.2) is 54.7 Å². The van der Waals surface area contributed by atoms with Gasteiger partial charge in [-0.2, -0.15) is 0 Å². The number of nitrogens with two attached hydrogens (primary N) is 1. The van der Waals surface area contributed by atoms with Crippen molar-refractivity contribution in [2.24, 2.45) is 5.73 Å². The van der Waals surface area contributed by atoms with E-state index in [9.17, 15) is 0 Å². The van der Waals surface area contributed by atoms with Crippen LogP contribution >= 0.6 is 0 Å². The van der Waals surface area contributed by atoms with E-state index in [-0.39, 0.29) is 0 Å². The van der Waals surface area contributed by atoms with Gasteiger partial charge in [0.2, 0.25) is 0 Å². The number of anilines is 2. The van der Waals surface area contributed by atoms with Gasteiger partial charge in [0.15, 0.2) is 0 Å². The molecule has 0 spiro atoms. The Kier molecular flexibility index (Phi) is 4.11. The predicted octanol–water partition coefficient (Wildman–Crippen LogP) is 2.57. The lowest BCUT2D eigenvalue weighted by Gasteiger charge is -2.23. The number of aromatic nitrogens is 1. The molecule has 0 aliphatic rings. The Labute approximate surface area is 102 Å². The minimum Gasteiger partial charge on any atom is -0.330 e. The fraction of sp³-hybridized carbons (Fsp3) is 0.214. The summed E-state index contributed by atoms with van der Waals surface area (Å²) < 4.78 is 0. The summed E-state index contributed by atoms with van der Waals surface area (Å²) in [6.45, 7) is 1.58. The van der Waals surface area contributed by atoms with Gasteiger partial charge in [0.1, 0.15) is 5.82 Å². The number of nitrogens with zero attached hydrogens (tertiary/aromatic N) is 2. The molecule has 1 aromatic carbocycles. The van der Waals surface area contributed by atoms with Gasteiger partial charge in [0.05, 0.1) is 0 Å². The van der Waals surface area contributed by atoms with Crippen LogP contribution in [0.5, 0.6) is 0 Å². The third kappa shape index (κ3) is 3.04. The van der Waals surface area contributed by atoms with Gasteiger partial charge in [0, 0.05) is 18.4 Å². The molecule has 17 heavy (non-hydrogen) atoms. The minimum absolute atomic E-state index is 0.691. The number of para-hydroxylation sites is 1. The van der Waals surface area contributed by atoms with Gasteiger partial charge in [-0.25, -0.2) is 4.98 Å². The molecule has 0 aliphatic heterocycles. The molecule has 0 saturated carbocycles. The van der Waals surface area contributed by atoms with E-state index >= 15 is 0 Å². The first-order valence-electron chi connectivity index (χ1n) is 5.85. The maximum absolute atomic E-state index is 5.59. The fourth-order valence-corrected chi connectivity index (χ4v) is 1.75. The summed E-state index contributed by atoms with van der Waals surface area (Å²) in [5.74, 6) is 0.965. The molecule has 2 aromatic rings. The first-order valence-corrected chi connectivity index (χ1v) is 5.85. The van der Waals surface area contributed by atoms with Crippen molar-refractivity contribution in [3.63, 3.8) is 0 Å². The number of hydrogen-bond acceptors (Lipinski definition) is 3. The highest BCUT2D eigenvalue weighted by atomic mass is 15.2. The van der Waals surface area contributed by atoms with Gasteiger partial charge in [-0.15, -0.1) is 0 Å². The molecule has 0 amide bonds. The Morgan fingerprint density at radius 2 is 1.76 bits per heavy atom. The van der Waals surface area contributed by atoms with Crippen LogP contribution in [0.3, 0.4) is 0 Å². The molecule has 1 aromatic heterocycles. The van der Waals surface area contributed by atoms with Gasteiger partial charge in [-0.3, -0.25) is 0 Å². The highest BCUT2D eigenvalue weighted by Gasteiger charge is 2.08. The molecule has 0 radical (unpaired) electrons. The lowest BCUT2D eigenvalue weighted by atomic mass is 10.2. The highest BCUT2D eigenvalue weighted by Crippen LogP contribution is 2.22. The van der Waals surface area contributed by atoms with Crippen molar-refractivity contribution < 1.29 is 0 Å². The number of pyridine rings is 1. The highest BCUT2D eigenvalue weighted by molar-refractivity contribution is 5.59. The second kappa shape index (κ2) is 6.01. The summed E-state index contributed by atoms with van der Waals surface area (Å²) in [6, 6.07) is 16.2. The van der Waals surface area contributed by atoms with Crippen molar-refractivity contribution in [2.75, 3.05) is 18.0 Å². The van der Waals surface area contributed by atoms with E-state index in [1.165, 1.54) is 0 Å². The van der Waals surface area contributed by atoms with E-state index in [2.05, 4.69) is 22.0 Å². The van der Waals surface area contributed by atoms with Crippen LogP contribution in [0.1, 0.15) is 6.42 Å². The summed E-state index contributed by atoms with van der Waals surface area (Å²) in [5, 5.41) is 0. The molecule has 0 bridgehead atoms. The summed E-state index contributed by atoms with van der Waals surface area (Å²) in [6.07, 6.45) is 2.76.